The van der Waals surface area contributed by atoms with E-state index in [2.05, 4.69) is 15.5 Å². The summed E-state index contributed by atoms with van der Waals surface area (Å²) < 4.78 is 32.0. The zero-order valence-corrected chi connectivity index (χ0v) is 17.1. The lowest BCUT2D eigenvalue weighted by molar-refractivity contribution is -0.122. The second-order valence-corrected chi connectivity index (χ2v) is 9.43. The summed E-state index contributed by atoms with van der Waals surface area (Å²) in [6.07, 6.45) is -1.00. The quantitative estimate of drug-likeness (QED) is 0.668. The van der Waals surface area contributed by atoms with Gasteiger partial charge in [-0.15, -0.1) is 10.2 Å². The van der Waals surface area contributed by atoms with Crippen LogP contribution in [-0.4, -0.2) is 42.9 Å². The normalized spacial score (nSPS) is 16.0. The van der Waals surface area contributed by atoms with Gasteiger partial charge in [0.25, 0.3) is 5.91 Å². The Bertz CT molecular complexity index is 1130. The third-order valence-electron chi connectivity index (χ3n) is 4.40. The molecule has 150 valence electrons. The van der Waals surface area contributed by atoms with Crippen LogP contribution in [0.4, 0.5) is 10.8 Å². The summed E-state index contributed by atoms with van der Waals surface area (Å²) in [4.78, 5) is 12.8. The predicted octanol–water partition coefficient (Wildman–Crippen LogP) is 2.76. The summed E-state index contributed by atoms with van der Waals surface area (Å²) in [5, 5.41) is 11.8. The van der Waals surface area contributed by atoms with Gasteiger partial charge in [-0.2, -0.15) is 0 Å². The maximum Gasteiger partial charge on any atom is 0.269 e. The lowest BCUT2D eigenvalue weighted by Gasteiger charge is -2.34. The van der Waals surface area contributed by atoms with Crippen molar-refractivity contribution in [2.24, 2.45) is 0 Å². The Morgan fingerprint density at radius 1 is 1.17 bits per heavy atom. The minimum Gasteiger partial charge on any atom is -0.476 e. The van der Waals surface area contributed by atoms with Crippen molar-refractivity contribution in [3.8, 4) is 16.3 Å². The molecule has 2 heterocycles. The minimum atomic E-state index is -3.56. The molecular formula is C19H18N4O4S2. The number of sulfonamides is 1. The Balaban J connectivity index is 1.55. The second-order valence-electron chi connectivity index (χ2n) is 6.27. The highest BCUT2D eigenvalue weighted by molar-refractivity contribution is 7.92. The molecule has 8 nitrogen and oxygen atoms in total. The molecule has 0 bridgehead atoms. The Kier molecular flexibility index (Phi) is 5.20. The van der Waals surface area contributed by atoms with Crippen LogP contribution in [0.2, 0.25) is 0 Å². The van der Waals surface area contributed by atoms with E-state index >= 15 is 0 Å². The average molecular weight is 431 g/mol. The number of anilines is 2. The predicted molar refractivity (Wildman–Crippen MR) is 112 cm³/mol. The molecule has 1 aliphatic heterocycles. The van der Waals surface area contributed by atoms with Gasteiger partial charge in [0.05, 0.1) is 18.0 Å². The molecule has 0 fully saturated rings. The van der Waals surface area contributed by atoms with Crippen molar-refractivity contribution in [1.29, 1.82) is 0 Å². The Hall–Kier alpha value is -2.98. The third kappa shape index (κ3) is 3.94. The van der Waals surface area contributed by atoms with Crippen molar-refractivity contribution < 1.29 is 17.9 Å². The first-order chi connectivity index (χ1) is 14.0. The number of rotatable bonds is 5. The number of amides is 1. The Labute approximate surface area is 172 Å². The van der Waals surface area contributed by atoms with Crippen LogP contribution < -0.4 is 14.4 Å². The lowest BCUT2D eigenvalue weighted by atomic mass is 10.2. The van der Waals surface area contributed by atoms with Crippen LogP contribution in [-0.2, 0) is 14.8 Å². The topological polar surface area (TPSA) is 101 Å². The molecule has 0 unspecified atom stereocenters. The van der Waals surface area contributed by atoms with Gasteiger partial charge < -0.3 is 4.74 Å². The van der Waals surface area contributed by atoms with Gasteiger partial charge in [0.15, 0.2) is 6.10 Å². The summed E-state index contributed by atoms with van der Waals surface area (Å²) in [5.74, 6) is -0.211. The summed E-state index contributed by atoms with van der Waals surface area (Å²) in [6.45, 7) is 1.46. The number of carbonyl (C=O) groups is 1. The first-order valence-electron chi connectivity index (χ1n) is 8.94. The van der Waals surface area contributed by atoms with Crippen molar-refractivity contribution >= 4 is 38.1 Å². The first-order valence-corrected chi connectivity index (χ1v) is 11.4. The van der Waals surface area contributed by atoms with E-state index in [9.17, 15) is 13.2 Å². The van der Waals surface area contributed by atoms with Crippen molar-refractivity contribution in [3.05, 3.63) is 54.6 Å². The summed E-state index contributed by atoms with van der Waals surface area (Å²) >= 11 is 1.23. The molecular weight excluding hydrogens is 412 g/mol. The molecule has 2 aromatic carbocycles. The van der Waals surface area contributed by atoms with Gasteiger partial charge >= 0.3 is 0 Å². The molecule has 1 aliphatic rings. The van der Waals surface area contributed by atoms with E-state index in [0.29, 0.717) is 21.6 Å². The SMILES string of the molecule is CCS(=O)(=O)N1C[C@H](C(=O)Nc2nnc(-c3ccccc3)s2)Oc2ccccc21. The smallest absolute Gasteiger partial charge is 0.269 e. The minimum absolute atomic E-state index is 0.0769. The molecule has 10 heteroatoms. The fraction of sp³-hybridized carbons (Fsp3) is 0.211. The zero-order valence-electron chi connectivity index (χ0n) is 15.5. The van der Waals surface area contributed by atoms with E-state index in [0.717, 1.165) is 5.56 Å². The number of aromatic nitrogens is 2. The van der Waals surface area contributed by atoms with Crippen LogP contribution in [0.3, 0.4) is 0 Å². The molecule has 0 aliphatic carbocycles. The monoisotopic (exact) mass is 430 g/mol. The summed E-state index contributed by atoms with van der Waals surface area (Å²) in [5.41, 5.74) is 1.33. The van der Waals surface area contributed by atoms with Gasteiger partial charge in [0.2, 0.25) is 15.2 Å². The molecule has 1 atom stereocenters. The highest BCUT2D eigenvalue weighted by atomic mass is 32.2. The highest BCUT2D eigenvalue weighted by Crippen LogP contribution is 2.35. The van der Waals surface area contributed by atoms with Crippen molar-refractivity contribution in [3.63, 3.8) is 0 Å². The second kappa shape index (κ2) is 7.80. The number of benzene rings is 2. The number of hydrogen-bond acceptors (Lipinski definition) is 7. The molecule has 4 rings (SSSR count). The zero-order chi connectivity index (χ0) is 20.4. The molecule has 0 saturated heterocycles. The maximum atomic E-state index is 12.8. The third-order valence-corrected chi connectivity index (χ3v) is 7.04. The van der Waals surface area contributed by atoms with Gasteiger partial charge in [-0.3, -0.25) is 14.4 Å². The van der Waals surface area contributed by atoms with E-state index in [-0.39, 0.29) is 12.3 Å². The molecule has 0 saturated carbocycles. The number of nitrogens with zero attached hydrogens (tertiary/aromatic N) is 3. The van der Waals surface area contributed by atoms with Gasteiger partial charge in [-0.05, 0) is 19.1 Å². The van der Waals surface area contributed by atoms with Crippen molar-refractivity contribution in [2.45, 2.75) is 13.0 Å². The standard InChI is InChI=1S/C19H18N4O4S2/c1-2-29(25,26)23-12-16(27-15-11-7-6-10-14(15)23)17(24)20-19-22-21-18(28-19)13-8-4-3-5-9-13/h3-11,16H,2,12H2,1H3,(H,20,22,24)/t16-/m1/s1. The number of para-hydroxylation sites is 2. The van der Waals surface area contributed by atoms with Crippen LogP contribution >= 0.6 is 11.3 Å². The van der Waals surface area contributed by atoms with E-state index in [4.69, 9.17) is 4.74 Å². The molecule has 29 heavy (non-hydrogen) atoms. The summed E-state index contributed by atoms with van der Waals surface area (Å²) in [7, 11) is -3.56. The number of ether oxygens (including phenoxy) is 1. The fourth-order valence-electron chi connectivity index (χ4n) is 2.92. The van der Waals surface area contributed by atoms with E-state index in [1.165, 1.54) is 15.6 Å². The Morgan fingerprint density at radius 2 is 1.90 bits per heavy atom. The van der Waals surface area contributed by atoms with Crippen LogP contribution in [0.25, 0.3) is 10.6 Å². The van der Waals surface area contributed by atoms with E-state index < -0.39 is 22.0 Å². The van der Waals surface area contributed by atoms with E-state index in [1.54, 1.807) is 31.2 Å². The van der Waals surface area contributed by atoms with Crippen LogP contribution in [0.1, 0.15) is 6.92 Å². The van der Waals surface area contributed by atoms with Crippen LogP contribution in [0.15, 0.2) is 54.6 Å². The van der Waals surface area contributed by atoms with E-state index in [1.807, 2.05) is 30.3 Å². The molecule has 1 N–H and O–H groups in total. The average Bonchev–Trinajstić information content (AvgIpc) is 3.22. The van der Waals surface area contributed by atoms with Crippen molar-refractivity contribution in [1.82, 2.24) is 10.2 Å². The van der Waals surface area contributed by atoms with Gasteiger partial charge in [0, 0.05) is 5.56 Å². The molecule has 1 aromatic heterocycles. The first kappa shape index (κ1) is 19.3. The molecule has 1 amide bonds. The number of nitrogens with one attached hydrogen (secondary N) is 1. The molecule has 3 aromatic rings. The maximum absolute atomic E-state index is 12.8. The van der Waals surface area contributed by atoms with Crippen LogP contribution in [0.5, 0.6) is 5.75 Å². The number of fused-ring (bicyclic) bond motifs is 1. The highest BCUT2D eigenvalue weighted by Gasteiger charge is 2.36. The van der Waals surface area contributed by atoms with Gasteiger partial charge in [-0.1, -0.05) is 53.8 Å². The number of hydrogen-bond donors (Lipinski definition) is 1. The molecule has 0 radical (unpaired) electrons. The summed E-state index contributed by atoms with van der Waals surface area (Å²) in [6, 6.07) is 16.3. The van der Waals surface area contributed by atoms with Crippen LogP contribution in [0, 0.1) is 0 Å². The fourth-order valence-corrected chi connectivity index (χ4v) is 4.79. The number of carbonyl (C=O) groups excluding carboxylic acids is 1. The van der Waals surface area contributed by atoms with Gasteiger partial charge in [0.1, 0.15) is 10.8 Å². The lowest BCUT2D eigenvalue weighted by Crippen LogP contribution is -2.49. The van der Waals surface area contributed by atoms with Crippen molar-refractivity contribution in [2.75, 3.05) is 21.9 Å². The molecule has 0 spiro atoms. The Morgan fingerprint density at radius 3 is 2.66 bits per heavy atom. The van der Waals surface area contributed by atoms with Gasteiger partial charge in [-0.25, -0.2) is 8.42 Å². The largest absolute Gasteiger partial charge is 0.476 e.